The van der Waals surface area contributed by atoms with Crippen molar-refractivity contribution in [2.45, 2.75) is 25.8 Å². The van der Waals surface area contributed by atoms with Crippen molar-refractivity contribution in [1.29, 1.82) is 0 Å². The van der Waals surface area contributed by atoms with Gasteiger partial charge in [0.25, 0.3) is 0 Å². The fraction of sp³-hybridized carbons (Fsp3) is 0.667. The molecule has 14 heavy (non-hydrogen) atoms. The summed E-state index contributed by atoms with van der Waals surface area (Å²) in [7, 11) is 0. The molecular formula is C9H14N2O3. The van der Waals surface area contributed by atoms with Gasteiger partial charge in [-0.3, -0.25) is 14.4 Å². The molecule has 5 heteroatoms. The van der Waals surface area contributed by atoms with Gasteiger partial charge in [0.1, 0.15) is 0 Å². The molecule has 0 spiro atoms. The highest BCUT2D eigenvalue weighted by Gasteiger charge is 2.28. The van der Waals surface area contributed by atoms with E-state index in [9.17, 15) is 14.4 Å². The Morgan fingerprint density at radius 1 is 1.79 bits per heavy atom. The van der Waals surface area contributed by atoms with E-state index in [1.165, 1.54) is 6.92 Å². The van der Waals surface area contributed by atoms with Crippen LogP contribution in [0.5, 0.6) is 0 Å². The minimum Gasteiger partial charge on any atom is -0.356 e. The van der Waals surface area contributed by atoms with Crippen LogP contribution in [-0.4, -0.2) is 30.7 Å². The average Bonchev–Trinajstić information content (AvgIpc) is 2.51. The molecule has 0 radical (unpaired) electrons. The number of carbonyl (C=O) groups excluding carboxylic acids is 3. The van der Waals surface area contributed by atoms with Gasteiger partial charge in [0.15, 0.2) is 5.78 Å². The van der Waals surface area contributed by atoms with Crippen molar-refractivity contribution in [1.82, 2.24) is 10.6 Å². The Balaban J connectivity index is 2.49. The minimum absolute atomic E-state index is 0.0241. The van der Waals surface area contributed by atoms with Crippen molar-refractivity contribution in [3.63, 3.8) is 0 Å². The third kappa shape index (κ3) is 2.55. The van der Waals surface area contributed by atoms with Crippen LogP contribution < -0.4 is 10.6 Å². The van der Waals surface area contributed by atoms with Gasteiger partial charge in [-0.15, -0.1) is 0 Å². The second kappa shape index (κ2) is 4.74. The number of rotatable bonds is 5. The van der Waals surface area contributed by atoms with E-state index in [1.807, 2.05) is 0 Å². The number of nitrogens with one attached hydrogen (secondary N) is 2. The maximum Gasteiger partial charge on any atom is 0.223 e. The highest BCUT2D eigenvalue weighted by Crippen LogP contribution is 2.16. The second-order valence-corrected chi connectivity index (χ2v) is 3.46. The smallest absolute Gasteiger partial charge is 0.223 e. The Labute approximate surface area is 82.2 Å². The molecule has 78 valence electrons. The summed E-state index contributed by atoms with van der Waals surface area (Å²) in [5.74, 6) is -0.280. The predicted octanol–water partition coefficient (Wildman–Crippen LogP) is -0.784. The van der Waals surface area contributed by atoms with Gasteiger partial charge < -0.3 is 10.6 Å². The predicted molar refractivity (Wildman–Crippen MR) is 49.4 cm³/mol. The Morgan fingerprint density at radius 3 is 2.93 bits per heavy atom. The Kier molecular flexibility index (Phi) is 3.62. The zero-order valence-electron chi connectivity index (χ0n) is 8.08. The molecule has 0 aliphatic carbocycles. The van der Waals surface area contributed by atoms with Crippen LogP contribution in [-0.2, 0) is 14.4 Å². The molecule has 1 saturated heterocycles. The number of amides is 2. The van der Waals surface area contributed by atoms with Crippen molar-refractivity contribution in [3.8, 4) is 0 Å². The number of hydrogen-bond acceptors (Lipinski definition) is 3. The number of ketones is 1. The van der Waals surface area contributed by atoms with Crippen LogP contribution in [0.15, 0.2) is 0 Å². The Hall–Kier alpha value is -1.39. The SMILES string of the molecule is CC(=O)C(CC1CCNC1=O)NC=O. The van der Waals surface area contributed by atoms with Crippen molar-refractivity contribution >= 4 is 18.1 Å². The summed E-state index contributed by atoms with van der Waals surface area (Å²) >= 11 is 0. The molecular weight excluding hydrogens is 184 g/mol. The van der Waals surface area contributed by atoms with Gasteiger partial charge in [-0.2, -0.15) is 0 Å². The van der Waals surface area contributed by atoms with Crippen LogP contribution in [0.25, 0.3) is 0 Å². The molecule has 1 aliphatic rings. The first-order chi connectivity index (χ1) is 6.65. The summed E-state index contributed by atoms with van der Waals surface area (Å²) in [6.07, 6.45) is 1.64. The maximum absolute atomic E-state index is 11.2. The van der Waals surface area contributed by atoms with Gasteiger partial charge in [0, 0.05) is 12.5 Å². The maximum atomic E-state index is 11.2. The van der Waals surface area contributed by atoms with Gasteiger partial charge in [-0.05, 0) is 19.8 Å². The molecule has 0 aromatic heterocycles. The monoisotopic (exact) mass is 198 g/mol. The van der Waals surface area contributed by atoms with Gasteiger partial charge >= 0.3 is 0 Å². The van der Waals surface area contributed by atoms with Crippen LogP contribution >= 0.6 is 0 Å². The highest BCUT2D eigenvalue weighted by atomic mass is 16.2. The number of carbonyl (C=O) groups is 3. The highest BCUT2D eigenvalue weighted by molar-refractivity contribution is 5.85. The molecule has 2 atom stereocenters. The van der Waals surface area contributed by atoms with E-state index in [4.69, 9.17) is 0 Å². The molecule has 2 unspecified atom stereocenters. The Morgan fingerprint density at radius 2 is 2.50 bits per heavy atom. The lowest BCUT2D eigenvalue weighted by Gasteiger charge is -2.15. The van der Waals surface area contributed by atoms with E-state index in [1.54, 1.807) is 0 Å². The summed E-state index contributed by atoms with van der Waals surface area (Å²) in [5.41, 5.74) is 0. The van der Waals surface area contributed by atoms with Crippen LogP contribution in [0, 0.1) is 5.92 Å². The molecule has 1 fully saturated rings. The van der Waals surface area contributed by atoms with Crippen LogP contribution in [0.3, 0.4) is 0 Å². The van der Waals surface area contributed by atoms with Crippen LogP contribution in [0.1, 0.15) is 19.8 Å². The van der Waals surface area contributed by atoms with E-state index >= 15 is 0 Å². The van der Waals surface area contributed by atoms with Gasteiger partial charge in [-0.25, -0.2) is 0 Å². The third-order valence-electron chi connectivity index (χ3n) is 2.44. The third-order valence-corrected chi connectivity index (χ3v) is 2.44. The zero-order chi connectivity index (χ0) is 10.6. The van der Waals surface area contributed by atoms with E-state index in [0.717, 1.165) is 6.42 Å². The largest absolute Gasteiger partial charge is 0.356 e. The molecule has 1 rings (SSSR count). The van der Waals surface area contributed by atoms with Crippen molar-refractivity contribution in [2.24, 2.45) is 5.92 Å². The zero-order valence-corrected chi connectivity index (χ0v) is 8.08. The van der Waals surface area contributed by atoms with Gasteiger partial charge in [0.2, 0.25) is 12.3 Å². The molecule has 2 amide bonds. The standard InChI is InChI=1S/C9H14N2O3/c1-6(13)8(11-5-12)4-7-2-3-10-9(7)14/h5,7-8H,2-4H2,1H3,(H,10,14)(H,11,12). The first-order valence-electron chi connectivity index (χ1n) is 4.63. The average molecular weight is 198 g/mol. The van der Waals surface area contributed by atoms with Crippen molar-refractivity contribution in [2.75, 3.05) is 6.54 Å². The van der Waals surface area contributed by atoms with E-state index in [0.29, 0.717) is 19.4 Å². The lowest BCUT2D eigenvalue weighted by atomic mass is 9.96. The van der Waals surface area contributed by atoms with Gasteiger partial charge in [-0.1, -0.05) is 0 Å². The first-order valence-corrected chi connectivity index (χ1v) is 4.63. The molecule has 0 bridgehead atoms. The van der Waals surface area contributed by atoms with Crippen molar-refractivity contribution in [3.05, 3.63) is 0 Å². The normalized spacial score (nSPS) is 22.6. The molecule has 1 aliphatic heterocycles. The Bertz CT molecular complexity index is 252. The molecule has 0 saturated carbocycles. The number of Topliss-reactive ketones (excluding diaryl/α,β-unsaturated/α-hetero) is 1. The summed E-state index contributed by atoms with van der Waals surface area (Å²) in [6.45, 7) is 2.07. The molecule has 1 heterocycles. The lowest BCUT2D eigenvalue weighted by molar-refractivity contribution is -0.125. The summed E-state index contributed by atoms with van der Waals surface area (Å²) in [5, 5.41) is 5.11. The summed E-state index contributed by atoms with van der Waals surface area (Å²) in [4.78, 5) is 32.5. The summed E-state index contributed by atoms with van der Waals surface area (Å²) in [6, 6.07) is -0.527. The number of hydrogen-bond donors (Lipinski definition) is 2. The molecule has 5 nitrogen and oxygen atoms in total. The fourth-order valence-electron chi connectivity index (χ4n) is 1.59. The molecule has 0 aromatic rings. The van der Waals surface area contributed by atoms with E-state index in [-0.39, 0.29) is 17.6 Å². The molecule has 2 N–H and O–H groups in total. The fourth-order valence-corrected chi connectivity index (χ4v) is 1.59. The van der Waals surface area contributed by atoms with Gasteiger partial charge in [0.05, 0.1) is 6.04 Å². The summed E-state index contributed by atoms with van der Waals surface area (Å²) < 4.78 is 0. The van der Waals surface area contributed by atoms with E-state index < -0.39 is 6.04 Å². The minimum atomic E-state index is -0.527. The first kappa shape index (κ1) is 10.7. The molecule has 0 aromatic carbocycles. The van der Waals surface area contributed by atoms with Crippen LogP contribution in [0.4, 0.5) is 0 Å². The lowest BCUT2D eigenvalue weighted by Crippen LogP contribution is -2.37. The van der Waals surface area contributed by atoms with Crippen LogP contribution in [0.2, 0.25) is 0 Å². The quantitative estimate of drug-likeness (QED) is 0.569. The topological polar surface area (TPSA) is 75.3 Å². The second-order valence-electron chi connectivity index (χ2n) is 3.46. The van der Waals surface area contributed by atoms with Crippen molar-refractivity contribution < 1.29 is 14.4 Å². The van der Waals surface area contributed by atoms with E-state index in [2.05, 4.69) is 10.6 Å².